The number of carbonyl (C=O) groups is 1. The van der Waals surface area contributed by atoms with Crippen LogP contribution in [0.3, 0.4) is 0 Å². The highest BCUT2D eigenvalue weighted by Crippen LogP contribution is 2.25. The average molecular weight is 328 g/mol. The Labute approximate surface area is 130 Å². The van der Waals surface area contributed by atoms with Crippen LogP contribution < -0.4 is 14.8 Å². The van der Waals surface area contributed by atoms with Gasteiger partial charge >= 0.3 is 12.0 Å². The van der Waals surface area contributed by atoms with E-state index < -0.39 is 12.0 Å². The van der Waals surface area contributed by atoms with Gasteiger partial charge in [0.2, 0.25) is 0 Å². The number of halogens is 3. The molecule has 1 N–H and O–H groups in total. The van der Waals surface area contributed by atoms with Crippen molar-refractivity contribution in [2.45, 2.75) is 6.11 Å². The van der Waals surface area contributed by atoms with E-state index in [1.165, 1.54) is 55.6 Å². The minimum atomic E-state index is -4.02. The maximum Gasteiger partial charge on any atom is 0.482 e. The lowest BCUT2D eigenvalue weighted by Gasteiger charge is -2.17. The monoisotopic (exact) mass is 327 g/mol. The summed E-state index contributed by atoms with van der Waals surface area (Å²) in [5, 5.41) is 2.48. The van der Waals surface area contributed by atoms with Crippen LogP contribution in [0.25, 0.3) is 0 Å². The standard InChI is InChI=1S/C15H12ClF2NO3/c1-21-12-6-8-13(9-7-12)22-15(17,18)14(20)19-11-4-2-10(16)3-5-11/h2-9H,1H3,(H,19,20). The third-order valence-electron chi connectivity index (χ3n) is 2.67. The molecule has 1 amide bonds. The predicted octanol–water partition coefficient (Wildman–Crippen LogP) is 3.96. The Bertz CT molecular complexity index is 645. The van der Waals surface area contributed by atoms with Gasteiger partial charge in [0, 0.05) is 10.7 Å². The van der Waals surface area contributed by atoms with Gasteiger partial charge in [0.15, 0.2) is 0 Å². The van der Waals surface area contributed by atoms with E-state index in [0.717, 1.165) is 0 Å². The lowest BCUT2D eigenvalue weighted by atomic mass is 10.3. The van der Waals surface area contributed by atoms with E-state index in [1.54, 1.807) is 0 Å². The molecule has 0 saturated heterocycles. The van der Waals surface area contributed by atoms with Crippen molar-refractivity contribution in [3.63, 3.8) is 0 Å². The maximum atomic E-state index is 13.8. The number of alkyl halides is 2. The normalized spacial score (nSPS) is 10.9. The number of hydrogen-bond acceptors (Lipinski definition) is 3. The van der Waals surface area contributed by atoms with Gasteiger partial charge in [0.25, 0.3) is 0 Å². The molecule has 0 aliphatic carbocycles. The number of rotatable bonds is 5. The second-order valence-electron chi connectivity index (χ2n) is 4.26. The highest BCUT2D eigenvalue weighted by molar-refractivity contribution is 6.30. The van der Waals surface area contributed by atoms with E-state index in [2.05, 4.69) is 10.1 Å². The third kappa shape index (κ3) is 4.08. The molecule has 7 heteroatoms. The molecule has 0 radical (unpaired) electrons. The van der Waals surface area contributed by atoms with Crippen LogP contribution in [0.2, 0.25) is 5.02 Å². The van der Waals surface area contributed by atoms with Gasteiger partial charge in [-0.05, 0) is 48.5 Å². The first-order valence-corrected chi connectivity index (χ1v) is 6.56. The van der Waals surface area contributed by atoms with E-state index in [-0.39, 0.29) is 11.4 Å². The van der Waals surface area contributed by atoms with Crippen molar-refractivity contribution in [2.24, 2.45) is 0 Å². The fourth-order valence-corrected chi connectivity index (χ4v) is 1.70. The first kappa shape index (κ1) is 16.0. The SMILES string of the molecule is COc1ccc(OC(F)(F)C(=O)Nc2ccc(Cl)cc2)cc1. The molecule has 22 heavy (non-hydrogen) atoms. The second kappa shape index (κ2) is 6.62. The van der Waals surface area contributed by atoms with Crippen LogP contribution in [0.5, 0.6) is 11.5 Å². The number of benzene rings is 2. The zero-order chi connectivity index (χ0) is 16.2. The number of hydrogen-bond donors (Lipinski definition) is 1. The summed E-state index contributed by atoms with van der Waals surface area (Å²) in [6.07, 6.45) is -4.02. The minimum absolute atomic E-state index is 0.156. The van der Waals surface area contributed by atoms with Gasteiger partial charge in [-0.15, -0.1) is 0 Å². The Morgan fingerprint density at radius 1 is 1.05 bits per heavy atom. The van der Waals surface area contributed by atoms with Gasteiger partial charge < -0.3 is 14.8 Å². The molecule has 0 saturated carbocycles. The molecule has 0 aliphatic rings. The van der Waals surface area contributed by atoms with Crippen LogP contribution in [0.15, 0.2) is 48.5 Å². The topological polar surface area (TPSA) is 47.6 Å². The van der Waals surface area contributed by atoms with Gasteiger partial charge in [0.1, 0.15) is 11.5 Å². The van der Waals surface area contributed by atoms with Crippen LogP contribution in [-0.4, -0.2) is 19.1 Å². The number of ether oxygens (including phenoxy) is 2. The zero-order valence-corrected chi connectivity index (χ0v) is 12.2. The van der Waals surface area contributed by atoms with Crippen LogP contribution in [-0.2, 0) is 4.79 Å². The van der Waals surface area contributed by atoms with Crippen molar-refractivity contribution in [1.29, 1.82) is 0 Å². The van der Waals surface area contributed by atoms with Crippen molar-refractivity contribution in [1.82, 2.24) is 0 Å². The first-order valence-electron chi connectivity index (χ1n) is 6.18. The molecule has 116 valence electrons. The first-order chi connectivity index (χ1) is 10.4. The minimum Gasteiger partial charge on any atom is -0.497 e. The Morgan fingerprint density at radius 2 is 1.59 bits per heavy atom. The number of amides is 1. The fraction of sp³-hybridized carbons (Fsp3) is 0.133. The van der Waals surface area contributed by atoms with Crippen LogP contribution in [0.1, 0.15) is 0 Å². The van der Waals surface area contributed by atoms with Gasteiger partial charge in [0.05, 0.1) is 7.11 Å². The number of methoxy groups -OCH3 is 1. The van der Waals surface area contributed by atoms with Gasteiger partial charge in [-0.1, -0.05) is 11.6 Å². The Balaban J connectivity index is 2.04. The Hall–Kier alpha value is -2.34. The molecule has 0 heterocycles. The van der Waals surface area contributed by atoms with Gasteiger partial charge in [-0.3, -0.25) is 4.79 Å². The quantitative estimate of drug-likeness (QED) is 0.904. The summed E-state index contributed by atoms with van der Waals surface area (Å²) < 4.78 is 36.9. The average Bonchev–Trinajstić information content (AvgIpc) is 2.50. The number of anilines is 1. The van der Waals surface area contributed by atoms with E-state index >= 15 is 0 Å². The van der Waals surface area contributed by atoms with Crippen molar-refractivity contribution in [3.8, 4) is 11.5 Å². The molecule has 0 unspecified atom stereocenters. The summed E-state index contributed by atoms with van der Waals surface area (Å²) in [5.74, 6) is -1.25. The highest BCUT2D eigenvalue weighted by Gasteiger charge is 2.42. The summed E-state index contributed by atoms with van der Waals surface area (Å²) in [5.41, 5.74) is 0.187. The molecule has 2 aromatic carbocycles. The summed E-state index contributed by atoms with van der Waals surface area (Å²) in [4.78, 5) is 11.6. The molecule has 2 rings (SSSR count). The predicted molar refractivity (Wildman–Crippen MR) is 78.7 cm³/mol. The second-order valence-corrected chi connectivity index (χ2v) is 4.69. The molecule has 0 fully saturated rings. The van der Waals surface area contributed by atoms with Crippen molar-refractivity contribution < 1.29 is 23.0 Å². The highest BCUT2D eigenvalue weighted by atomic mass is 35.5. The maximum absolute atomic E-state index is 13.8. The van der Waals surface area contributed by atoms with E-state index in [0.29, 0.717) is 10.8 Å². The number of carbonyl (C=O) groups excluding carboxylic acids is 1. The molecular weight excluding hydrogens is 316 g/mol. The molecule has 0 spiro atoms. The van der Waals surface area contributed by atoms with Gasteiger partial charge in [-0.2, -0.15) is 8.78 Å². The molecule has 0 atom stereocenters. The third-order valence-corrected chi connectivity index (χ3v) is 2.92. The lowest BCUT2D eigenvalue weighted by Crippen LogP contribution is -2.39. The van der Waals surface area contributed by atoms with Crippen molar-refractivity contribution in [3.05, 3.63) is 53.6 Å². The lowest BCUT2D eigenvalue weighted by molar-refractivity contribution is -0.187. The Morgan fingerprint density at radius 3 is 2.14 bits per heavy atom. The Kier molecular flexibility index (Phi) is 4.82. The van der Waals surface area contributed by atoms with Crippen LogP contribution >= 0.6 is 11.6 Å². The number of nitrogens with one attached hydrogen (secondary N) is 1. The van der Waals surface area contributed by atoms with Crippen molar-refractivity contribution >= 4 is 23.2 Å². The van der Waals surface area contributed by atoms with E-state index in [1.807, 2.05) is 0 Å². The van der Waals surface area contributed by atoms with Crippen LogP contribution in [0.4, 0.5) is 14.5 Å². The van der Waals surface area contributed by atoms with Gasteiger partial charge in [-0.25, -0.2) is 0 Å². The van der Waals surface area contributed by atoms with Crippen LogP contribution in [0, 0.1) is 0 Å². The zero-order valence-electron chi connectivity index (χ0n) is 11.5. The molecule has 0 bridgehead atoms. The fourth-order valence-electron chi connectivity index (χ4n) is 1.58. The van der Waals surface area contributed by atoms with E-state index in [9.17, 15) is 13.6 Å². The summed E-state index contributed by atoms with van der Waals surface area (Å²) in [6.45, 7) is 0. The smallest absolute Gasteiger partial charge is 0.482 e. The molecule has 0 aromatic heterocycles. The van der Waals surface area contributed by atoms with Crippen molar-refractivity contribution in [2.75, 3.05) is 12.4 Å². The summed E-state index contributed by atoms with van der Waals surface area (Å²) >= 11 is 5.67. The van der Waals surface area contributed by atoms with E-state index in [4.69, 9.17) is 16.3 Å². The summed E-state index contributed by atoms with van der Waals surface area (Å²) in [6, 6.07) is 11.2. The largest absolute Gasteiger partial charge is 0.497 e. The molecule has 2 aromatic rings. The molecule has 4 nitrogen and oxygen atoms in total. The molecular formula is C15H12ClF2NO3. The summed E-state index contributed by atoms with van der Waals surface area (Å²) in [7, 11) is 1.45. The molecule has 0 aliphatic heterocycles.